The van der Waals surface area contributed by atoms with Gasteiger partial charge in [-0.05, 0) is 49.8 Å². The molecule has 25 heavy (non-hydrogen) atoms. The maximum absolute atomic E-state index is 11.3. The molecular formula is C18H21ClN4O2. The predicted octanol–water partition coefficient (Wildman–Crippen LogP) is 2.17. The van der Waals surface area contributed by atoms with Crippen molar-refractivity contribution >= 4 is 17.5 Å². The second kappa shape index (κ2) is 6.44. The molecule has 1 saturated carbocycles. The normalized spacial score (nSPS) is 21.2. The molecular weight excluding hydrogens is 340 g/mol. The number of nitrogens with zero attached hydrogens (tertiary/aromatic N) is 2. The molecule has 2 atom stereocenters. The third-order valence-electron chi connectivity index (χ3n) is 5.23. The number of aliphatic hydroxyl groups excluding tert-OH is 1. The number of amides is 1. The predicted molar refractivity (Wildman–Crippen MR) is 94.2 cm³/mol. The van der Waals surface area contributed by atoms with Gasteiger partial charge in [-0.2, -0.15) is 5.10 Å². The number of primary amides is 1. The van der Waals surface area contributed by atoms with Gasteiger partial charge in [-0.25, -0.2) is 0 Å². The zero-order chi connectivity index (χ0) is 17.6. The van der Waals surface area contributed by atoms with E-state index in [9.17, 15) is 9.90 Å². The summed E-state index contributed by atoms with van der Waals surface area (Å²) in [5, 5.41) is 18.6. The highest BCUT2D eigenvalue weighted by atomic mass is 35.5. The van der Waals surface area contributed by atoms with Gasteiger partial charge < -0.3 is 10.8 Å². The Morgan fingerprint density at radius 3 is 2.84 bits per heavy atom. The largest absolute Gasteiger partial charge is 0.374 e. The Bertz CT molecular complexity index is 802. The fourth-order valence-electron chi connectivity index (χ4n) is 3.77. The molecule has 7 heteroatoms. The number of aromatic nitrogens is 2. The molecule has 4 rings (SSSR count). The van der Waals surface area contributed by atoms with Crippen LogP contribution in [0, 0.1) is 0 Å². The van der Waals surface area contributed by atoms with Crippen LogP contribution in [0.4, 0.5) is 0 Å². The molecule has 2 unspecified atom stereocenters. The number of fused-ring (bicyclic) bond motifs is 1. The molecule has 1 aromatic heterocycles. The van der Waals surface area contributed by atoms with E-state index in [2.05, 4.69) is 15.1 Å². The molecule has 1 fully saturated rings. The third kappa shape index (κ3) is 3.17. The van der Waals surface area contributed by atoms with E-state index in [4.69, 9.17) is 17.3 Å². The molecule has 2 aromatic rings. The molecule has 1 heterocycles. The summed E-state index contributed by atoms with van der Waals surface area (Å²) in [5.41, 5.74) is 8.69. The lowest BCUT2D eigenvalue weighted by atomic mass is 9.91. The van der Waals surface area contributed by atoms with Gasteiger partial charge in [0.05, 0.1) is 6.20 Å². The van der Waals surface area contributed by atoms with Crippen LogP contribution < -0.4 is 5.73 Å². The monoisotopic (exact) mass is 360 g/mol. The molecule has 0 radical (unpaired) electrons. The summed E-state index contributed by atoms with van der Waals surface area (Å²) in [7, 11) is 0. The lowest BCUT2D eigenvalue weighted by Gasteiger charge is -2.38. The molecule has 0 aliphatic heterocycles. The molecule has 6 nitrogen and oxygen atoms in total. The van der Waals surface area contributed by atoms with Gasteiger partial charge in [0.25, 0.3) is 0 Å². The van der Waals surface area contributed by atoms with Gasteiger partial charge >= 0.3 is 0 Å². The molecule has 0 bridgehead atoms. The Morgan fingerprint density at radius 1 is 1.36 bits per heavy atom. The van der Waals surface area contributed by atoms with Crippen molar-refractivity contribution in [2.45, 2.75) is 50.4 Å². The lowest BCUT2D eigenvalue weighted by Crippen LogP contribution is -2.43. The average molecular weight is 361 g/mol. The lowest BCUT2D eigenvalue weighted by molar-refractivity contribution is -0.0377. The number of benzene rings is 1. The van der Waals surface area contributed by atoms with Crippen molar-refractivity contribution in [2.75, 3.05) is 0 Å². The smallest absolute Gasteiger partial charge is 0.248 e. The van der Waals surface area contributed by atoms with Crippen molar-refractivity contribution in [3.8, 4) is 0 Å². The van der Waals surface area contributed by atoms with E-state index in [0.29, 0.717) is 22.2 Å². The van der Waals surface area contributed by atoms with Crippen LogP contribution in [-0.2, 0) is 12.8 Å². The quantitative estimate of drug-likeness (QED) is 0.712. The van der Waals surface area contributed by atoms with Gasteiger partial charge in [-0.3, -0.25) is 14.8 Å². The van der Waals surface area contributed by atoms with Crippen LogP contribution >= 0.6 is 11.6 Å². The minimum atomic E-state index is -0.791. The summed E-state index contributed by atoms with van der Waals surface area (Å²) in [5.74, 6) is -0.526. The molecule has 132 valence electrons. The molecule has 4 N–H and O–H groups in total. The molecule has 1 aromatic carbocycles. The number of rotatable bonds is 5. The van der Waals surface area contributed by atoms with Crippen molar-refractivity contribution in [1.29, 1.82) is 0 Å². The highest BCUT2D eigenvalue weighted by molar-refractivity contribution is 6.31. The zero-order valence-electron chi connectivity index (χ0n) is 13.8. The Morgan fingerprint density at radius 2 is 2.16 bits per heavy atom. The first-order chi connectivity index (χ1) is 12.0. The number of halogens is 1. The minimum absolute atomic E-state index is 0.250. The number of aryl methyl sites for hydroxylation is 1. The first-order valence-electron chi connectivity index (χ1n) is 8.60. The second-order valence-electron chi connectivity index (χ2n) is 6.92. The maximum atomic E-state index is 11.3. The van der Waals surface area contributed by atoms with Gasteiger partial charge in [0.2, 0.25) is 5.91 Å². The number of nitrogens with one attached hydrogen (secondary N) is 1. The Balaban J connectivity index is 1.60. The SMILES string of the molecule is NC(=O)c1ccc(C(O)N(C2CC2)C2CCc3[nH]ncc3C2)c(Cl)c1. The Kier molecular flexibility index (Phi) is 4.27. The van der Waals surface area contributed by atoms with Crippen LogP contribution in [0.25, 0.3) is 0 Å². The second-order valence-corrected chi connectivity index (χ2v) is 7.33. The number of aliphatic hydroxyl groups is 1. The van der Waals surface area contributed by atoms with Crippen molar-refractivity contribution in [2.24, 2.45) is 5.73 Å². The number of nitrogens with two attached hydrogens (primary N) is 1. The summed E-state index contributed by atoms with van der Waals surface area (Å²) >= 11 is 6.33. The van der Waals surface area contributed by atoms with E-state index in [1.165, 1.54) is 17.3 Å². The molecule has 0 saturated heterocycles. The molecule has 0 spiro atoms. The first-order valence-corrected chi connectivity index (χ1v) is 8.98. The van der Waals surface area contributed by atoms with E-state index in [-0.39, 0.29) is 6.04 Å². The minimum Gasteiger partial charge on any atom is -0.374 e. The number of carbonyl (C=O) groups excluding carboxylic acids is 1. The number of aromatic amines is 1. The van der Waals surface area contributed by atoms with E-state index in [0.717, 1.165) is 32.1 Å². The highest BCUT2D eigenvalue weighted by Crippen LogP contribution is 2.40. The van der Waals surface area contributed by atoms with Crippen molar-refractivity contribution < 1.29 is 9.90 Å². The first kappa shape index (κ1) is 16.6. The topological polar surface area (TPSA) is 95.2 Å². The van der Waals surface area contributed by atoms with Gasteiger partial charge in [0.1, 0.15) is 6.23 Å². The van der Waals surface area contributed by atoms with Crippen LogP contribution in [0.15, 0.2) is 24.4 Å². The van der Waals surface area contributed by atoms with E-state index in [1.807, 2.05) is 6.20 Å². The van der Waals surface area contributed by atoms with Crippen LogP contribution in [-0.4, -0.2) is 38.2 Å². The summed E-state index contributed by atoms with van der Waals surface area (Å²) in [6, 6.07) is 5.48. The number of H-pyrrole nitrogens is 1. The van der Waals surface area contributed by atoms with Crippen molar-refractivity contribution in [3.05, 3.63) is 51.8 Å². The summed E-state index contributed by atoms with van der Waals surface area (Å²) < 4.78 is 0. The molecule has 1 amide bonds. The molecule has 2 aliphatic carbocycles. The van der Waals surface area contributed by atoms with Crippen molar-refractivity contribution in [3.63, 3.8) is 0 Å². The summed E-state index contributed by atoms with van der Waals surface area (Å²) in [6.07, 6.45) is 6.04. The fourth-order valence-corrected chi connectivity index (χ4v) is 4.05. The van der Waals surface area contributed by atoms with Crippen LogP contribution in [0.3, 0.4) is 0 Å². The molecule has 2 aliphatic rings. The van der Waals surface area contributed by atoms with Gasteiger partial charge in [0, 0.05) is 33.9 Å². The average Bonchev–Trinajstić information content (AvgIpc) is 3.30. The van der Waals surface area contributed by atoms with Crippen molar-refractivity contribution in [1.82, 2.24) is 15.1 Å². The standard InChI is InChI=1S/C18H21ClN4O2/c19-15-8-10(17(20)24)1-5-14(15)18(25)23(12-2-3-12)13-4-6-16-11(7-13)9-21-22-16/h1,5,8-9,12-13,18,25H,2-4,6-7H2,(H2,20,24)(H,21,22). The Labute approximate surface area is 151 Å². The maximum Gasteiger partial charge on any atom is 0.248 e. The van der Waals surface area contributed by atoms with Crippen LogP contribution in [0.2, 0.25) is 5.02 Å². The van der Waals surface area contributed by atoms with E-state index in [1.54, 1.807) is 12.1 Å². The van der Waals surface area contributed by atoms with Gasteiger partial charge in [-0.1, -0.05) is 17.7 Å². The zero-order valence-corrected chi connectivity index (χ0v) is 14.5. The van der Waals surface area contributed by atoms with E-state index < -0.39 is 12.1 Å². The van der Waals surface area contributed by atoms with Gasteiger partial charge in [0.15, 0.2) is 0 Å². The van der Waals surface area contributed by atoms with Gasteiger partial charge in [-0.15, -0.1) is 0 Å². The Hall–Kier alpha value is -1.89. The summed E-state index contributed by atoms with van der Waals surface area (Å²) in [4.78, 5) is 13.5. The number of carbonyl (C=O) groups is 1. The van der Waals surface area contributed by atoms with Crippen LogP contribution in [0.1, 0.15) is 52.7 Å². The highest BCUT2D eigenvalue weighted by Gasteiger charge is 2.40. The number of hydrogen-bond donors (Lipinski definition) is 3. The van der Waals surface area contributed by atoms with Crippen LogP contribution in [0.5, 0.6) is 0 Å². The fraction of sp³-hybridized carbons (Fsp3) is 0.444. The summed E-state index contributed by atoms with van der Waals surface area (Å²) in [6.45, 7) is 0. The third-order valence-corrected chi connectivity index (χ3v) is 5.55. The number of hydrogen-bond acceptors (Lipinski definition) is 4. The van der Waals surface area contributed by atoms with E-state index >= 15 is 0 Å².